The fourth-order valence-electron chi connectivity index (χ4n) is 3.33. The van der Waals surface area contributed by atoms with Gasteiger partial charge in [-0.3, -0.25) is 0 Å². The predicted octanol–water partition coefficient (Wildman–Crippen LogP) is 5.07. The summed E-state index contributed by atoms with van der Waals surface area (Å²) in [6, 6.07) is 13.7. The number of anilines is 1. The van der Waals surface area contributed by atoms with Crippen molar-refractivity contribution in [2.75, 3.05) is 12.4 Å². The van der Waals surface area contributed by atoms with Gasteiger partial charge in [0.15, 0.2) is 5.11 Å². The molecule has 6 heteroatoms. The molecule has 1 atom stereocenters. The van der Waals surface area contributed by atoms with Crippen LogP contribution in [0.5, 0.6) is 17.2 Å². The van der Waals surface area contributed by atoms with Gasteiger partial charge in [-0.1, -0.05) is 6.07 Å². The second kappa shape index (κ2) is 8.27. The molecule has 0 unspecified atom stereocenters. The summed E-state index contributed by atoms with van der Waals surface area (Å²) in [7, 11) is 1.66. The molecule has 0 saturated carbocycles. The Morgan fingerprint density at radius 3 is 2.68 bits per heavy atom. The van der Waals surface area contributed by atoms with Crippen LogP contribution in [0.2, 0.25) is 0 Å². The minimum atomic E-state index is -0.292. The van der Waals surface area contributed by atoms with Crippen LogP contribution in [0, 0.1) is 0 Å². The summed E-state index contributed by atoms with van der Waals surface area (Å²) < 4.78 is 17.3. The molecule has 28 heavy (non-hydrogen) atoms. The van der Waals surface area contributed by atoms with Crippen molar-refractivity contribution < 1.29 is 14.2 Å². The lowest BCUT2D eigenvalue weighted by Gasteiger charge is -2.38. The molecule has 0 spiro atoms. The number of rotatable bonds is 5. The first kappa shape index (κ1) is 20.3. The molecule has 0 fully saturated rings. The van der Waals surface area contributed by atoms with Crippen molar-refractivity contribution in [3.8, 4) is 17.2 Å². The van der Waals surface area contributed by atoms with Crippen molar-refractivity contribution >= 4 is 23.0 Å². The zero-order valence-electron chi connectivity index (χ0n) is 17.0. The van der Waals surface area contributed by atoms with E-state index in [0.717, 1.165) is 34.9 Å². The van der Waals surface area contributed by atoms with E-state index in [9.17, 15) is 0 Å². The Bertz CT molecular complexity index is 851. The molecular weight excluding hydrogens is 372 g/mol. The molecule has 0 saturated heterocycles. The summed E-state index contributed by atoms with van der Waals surface area (Å²) in [4.78, 5) is 0. The Labute approximate surface area is 172 Å². The van der Waals surface area contributed by atoms with Gasteiger partial charge in [0, 0.05) is 23.7 Å². The van der Waals surface area contributed by atoms with Gasteiger partial charge in [0.25, 0.3) is 0 Å². The third-order valence-corrected chi connectivity index (χ3v) is 4.66. The predicted molar refractivity (Wildman–Crippen MR) is 117 cm³/mol. The first-order chi connectivity index (χ1) is 13.3. The van der Waals surface area contributed by atoms with Gasteiger partial charge in [-0.05, 0) is 70.2 Å². The monoisotopic (exact) mass is 400 g/mol. The van der Waals surface area contributed by atoms with Crippen LogP contribution in [0.25, 0.3) is 0 Å². The number of nitrogens with one attached hydrogen (secondary N) is 2. The van der Waals surface area contributed by atoms with Gasteiger partial charge < -0.3 is 24.8 Å². The highest BCUT2D eigenvalue weighted by molar-refractivity contribution is 7.80. The standard InChI is InChI=1S/C22H28N2O3S/c1-14(2)26-17-8-6-7-15(11-17)23-21(28)24-19-13-22(3,4)27-20-10-9-16(25-5)12-18(19)20/h6-12,14,19H,13H2,1-5H3,(H2,23,24,28)/t19-/m0/s1. The highest BCUT2D eigenvalue weighted by Gasteiger charge is 2.34. The molecule has 1 aliphatic heterocycles. The maximum absolute atomic E-state index is 6.13. The zero-order valence-corrected chi connectivity index (χ0v) is 17.9. The maximum Gasteiger partial charge on any atom is 0.171 e. The molecule has 2 aromatic carbocycles. The van der Waals surface area contributed by atoms with Crippen molar-refractivity contribution in [1.82, 2.24) is 5.32 Å². The number of methoxy groups -OCH3 is 1. The summed E-state index contributed by atoms with van der Waals surface area (Å²) in [6.45, 7) is 8.17. The van der Waals surface area contributed by atoms with Gasteiger partial charge in [0.2, 0.25) is 0 Å². The number of fused-ring (bicyclic) bond motifs is 1. The van der Waals surface area contributed by atoms with Gasteiger partial charge >= 0.3 is 0 Å². The molecule has 2 N–H and O–H groups in total. The van der Waals surface area contributed by atoms with Crippen LogP contribution in [-0.2, 0) is 0 Å². The van der Waals surface area contributed by atoms with Crippen LogP contribution >= 0.6 is 12.2 Å². The second-order valence-electron chi connectivity index (χ2n) is 7.82. The number of benzene rings is 2. The third kappa shape index (κ3) is 5.07. The van der Waals surface area contributed by atoms with Crippen molar-refractivity contribution in [3.05, 3.63) is 48.0 Å². The van der Waals surface area contributed by atoms with Crippen LogP contribution in [0.1, 0.15) is 45.7 Å². The zero-order chi connectivity index (χ0) is 20.3. The average Bonchev–Trinajstić information content (AvgIpc) is 2.60. The first-order valence-electron chi connectivity index (χ1n) is 9.47. The molecular formula is C22H28N2O3S. The van der Waals surface area contributed by atoms with Crippen LogP contribution in [0.4, 0.5) is 5.69 Å². The fourth-order valence-corrected chi connectivity index (χ4v) is 3.59. The number of thiocarbonyl (C=S) groups is 1. The maximum atomic E-state index is 6.13. The molecule has 0 aromatic heterocycles. The lowest BCUT2D eigenvalue weighted by Crippen LogP contribution is -2.42. The second-order valence-corrected chi connectivity index (χ2v) is 8.22. The van der Waals surface area contributed by atoms with Crippen LogP contribution in [0.3, 0.4) is 0 Å². The van der Waals surface area contributed by atoms with Crippen LogP contribution in [0.15, 0.2) is 42.5 Å². The van der Waals surface area contributed by atoms with E-state index in [-0.39, 0.29) is 17.7 Å². The van der Waals surface area contributed by atoms with E-state index in [0.29, 0.717) is 5.11 Å². The Hall–Kier alpha value is -2.47. The summed E-state index contributed by atoms with van der Waals surface area (Å²) in [5.41, 5.74) is 1.63. The fraction of sp³-hybridized carbons (Fsp3) is 0.409. The SMILES string of the molecule is COc1ccc2c(c1)[C@@H](NC(=S)Nc1cccc(OC(C)C)c1)CC(C)(C)O2. The van der Waals surface area contributed by atoms with E-state index in [1.807, 2.05) is 56.3 Å². The molecule has 1 aliphatic rings. The molecule has 0 bridgehead atoms. The molecule has 3 rings (SSSR count). The highest BCUT2D eigenvalue weighted by Crippen LogP contribution is 2.41. The molecule has 0 aliphatic carbocycles. The van der Waals surface area contributed by atoms with Gasteiger partial charge in [0.05, 0.1) is 19.3 Å². The van der Waals surface area contributed by atoms with E-state index < -0.39 is 0 Å². The molecule has 5 nitrogen and oxygen atoms in total. The average molecular weight is 401 g/mol. The topological polar surface area (TPSA) is 51.8 Å². The summed E-state index contributed by atoms with van der Waals surface area (Å²) in [6.07, 6.45) is 0.905. The molecule has 0 amide bonds. The van der Waals surface area contributed by atoms with Crippen molar-refractivity contribution in [3.63, 3.8) is 0 Å². The highest BCUT2D eigenvalue weighted by atomic mass is 32.1. The van der Waals surface area contributed by atoms with E-state index in [1.165, 1.54) is 0 Å². The van der Waals surface area contributed by atoms with Gasteiger partial charge in [0.1, 0.15) is 22.8 Å². The third-order valence-electron chi connectivity index (χ3n) is 4.44. The number of hydrogen-bond acceptors (Lipinski definition) is 4. The van der Waals surface area contributed by atoms with Gasteiger partial charge in [-0.2, -0.15) is 0 Å². The van der Waals surface area contributed by atoms with Crippen molar-refractivity contribution in [2.45, 2.75) is 51.9 Å². The largest absolute Gasteiger partial charge is 0.497 e. The Balaban J connectivity index is 1.75. The summed E-state index contributed by atoms with van der Waals surface area (Å²) in [5.74, 6) is 2.46. The summed E-state index contributed by atoms with van der Waals surface area (Å²) >= 11 is 5.58. The minimum Gasteiger partial charge on any atom is -0.497 e. The Morgan fingerprint density at radius 1 is 1.18 bits per heavy atom. The van der Waals surface area contributed by atoms with E-state index in [2.05, 4.69) is 24.5 Å². The normalized spacial score (nSPS) is 17.3. The Kier molecular flexibility index (Phi) is 5.98. The molecule has 2 aromatic rings. The van der Waals surface area contributed by atoms with Crippen molar-refractivity contribution in [1.29, 1.82) is 0 Å². The molecule has 150 valence electrons. The quantitative estimate of drug-likeness (QED) is 0.684. The van der Waals surface area contributed by atoms with E-state index >= 15 is 0 Å². The number of hydrogen-bond donors (Lipinski definition) is 2. The lowest BCUT2D eigenvalue weighted by molar-refractivity contribution is 0.0695. The van der Waals surface area contributed by atoms with Crippen LogP contribution < -0.4 is 24.8 Å². The van der Waals surface area contributed by atoms with Gasteiger partial charge in [-0.25, -0.2) is 0 Å². The van der Waals surface area contributed by atoms with E-state index in [4.69, 9.17) is 26.4 Å². The first-order valence-corrected chi connectivity index (χ1v) is 9.88. The minimum absolute atomic E-state index is 0.0175. The Morgan fingerprint density at radius 2 is 1.96 bits per heavy atom. The number of ether oxygens (including phenoxy) is 3. The van der Waals surface area contributed by atoms with E-state index in [1.54, 1.807) is 7.11 Å². The van der Waals surface area contributed by atoms with Crippen LogP contribution in [-0.4, -0.2) is 23.9 Å². The summed E-state index contributed by atoms with van der Waals surface area (Å²) in [5, 5.41) is 7.25. The van der Waals surface area contributed by atoms with Gasteiger partial charge in [-0.15, -0.1) is 0 Å². The molecule has 1 heterocycles. The molecule has 0 radical (unpaired) electrons. The lowest BCUT2D eigenvalue weighted by atomic mass is 9.89. The van der Waals surface area contributed by atoms with Crippen molar-refractivity contribution in [2.24, 2.45) is 0 Å². The smallest absolute Gasteiger partial charge is 0.171 e.